The van der Waals surface area contributed by atoms with E-state index in [1.54, 1.807) is 17.0 Å². The maximum atomic E-state index is 14.9. The number of piperazine rings is 1. The minimum Gasteiger partial charge on any atom is -0.442 e. The monoisotopic (exact) mass is 468 g/mol. The topological polar surface area (TPSA) is 82.2 Å². The van der Waals surface area contributed by atoms with Crippen LogP contribution in [-0.2, 0) is 20.7 Å². The molecule has 4 rings (SSSR count). The van der Waals surface area contributed by atoms with E-state index in [9.17, 15) is 18.8 Å². The zero-order chi connectivity index (χ0) is 24.1. The molecule has 1 atom stereocenters. The van der Waals surface area contributed by atoms with Gasteiger partial charge in [0.05, 0.1) is 18.8 Å². The predicted octanol–water partition coefficient (Wildman–Crippen LogP) is 2.27. The lowest BCUT2D eigenvalue weighted by Crippen LogP contribution is -2.46. The van der Waals surface area contributed by atoms with Crippen molar-refractivity contribution >= 4 is 24.1 Å². The first-order valence-corrected chi connectivity index (χ1v) is 11.5. The Labute approximate surface area is 198 Å². The number of ether oxygens (including phenoxy) is 1. The first-order valence-electron chi connectivity index (χ1n) is 11.5. The first kappa shape index (κ1) is 23.7. The first-order chi connectivity index (χ1) is 16.4. The van der Waals surface area contributed by atoms with Crippen molar-refractivity contribution in [2.24, 2.45) is 0 Å². The number of carbonyl (C=O) groups is 3. The molecule has 2 saturated heterocycles. The second kappa shape index (κ2) is 10.6. The van der Waals surface area contributed by atoms with Crippen molar-refractivity contribution < 1.29 is 23.5 Å². The molecule has 0 unspecified atom stereocenters. The van der Waals surface area contributed by atoms with Crippen LogP contribution < -0.4 is 10.2 Å². The summed E-state index contributed by atoms with van der Waals surface area (Å²) < 4.78 is 20.2. The summed E-state index contributed by atoms with van der Waals surface area (Å²) in [4.78, 5) is 39.6. The Bertz CT molecular complexity index is 1040. The van der Waals surface area contributed by atoms with Gasteiger partial charge in [-0.1, -0.05) is 24.3 Å². The van der Waals surface area contributed by atoms with Crippen molar-refractivity contribution in [3.63, 3.8) is 0 Å². The third-order valence-electron chi connectivity index (χ3n) is 6.25. The number of anilines is 1. The van der Waals surface area contributed by atoms with Crippen LogP contribution in [0, 0.1) is 5.82 Å². The van der Waals surface area contributed by atoms with Gasteiger partial charge in [-0.2, -0.15) is 0 Å². The Morgan fingerprint density at radius 1 is 1.15 bits per heavy atom. The summed E-state index contributed by atoms with van der Waals surface area (Å²) in [7, 11) is 0. The molecule has 9 heteroatoms. The Morgan fingerprint density at radius 3 is 2.53 bits per heavy atom. The number of cyclic esters (lactones) is 1. The van der Waals surface area contributed by atoms with E-state index in [2.05, 4.69) is 10.2 Å². The number of benzene rings is 2. The van der Waals surface area contributed by atoms with E-state index in [0.717, 1.165) is 51.1 Å². The molecule has 0 radical (unpaired) electrons. The van der Waals surface area contributed by atoms with Crippen LogP contribution in [0.2, 0.25) is 0 Å². The van der Waals surface area contributed by atoms with E-state index in [0.29, 0.717) is 11.3 Å². The Hall–Kier alpha value is -3.46. The van der Waals surface area contributed by atoms with E-state index in [4.69, 9.17) is 4.74 Å². The van der Waals surface area contributed by atoms with Crippen molar-refractivity contribution in [1.29, 1.82) is 0 Å². The van der Waals surface area contributed by atoms with E-state index in [-0.39, 0.29) is 19.0 Å². The molecule has 2 aromatic carbocycles. The number of hydrogen-bond acceptors (Lipinski definition) is 5. The largest absolute Gasteiger partial charge is 0.442 e. The summed E-state index contributed by atoms with van der Waals surface area (Å²) in [6, 6.07) is 12.5. The number of nitrogens with one attached hydrogen (secondary N) is 1. The zero-order valence-electron chi connectivity index (χ0n) is 19.2. The summed E-state index contributed by atoms with van der Waals surface area (Å²) in [6.45, 7) is 6.08. The van der Waals surface area contributed by atoms with Crippen LogP contribution in [0.3, 0.4) is 0 Å². The molecule has 8 nitrogen and oxygen atoms in total. The normalized spacial score (nSPS) is 18.6. The van der Waals surface area contributed by atoms with Gasteiger partial charge in [0.1, 0.15) is 11.9 Å². The SMILES string of the molecule is CC(=O)NC[C@H]1CN(c2ccc(-c3ccc(CCN4CCN(C=O)CC4)cc3)c(F)c2)C(=O)O1. The van der Waals surface area contributed by atoms with Crippen LogP contribution in [0.4, 0.5) is 14.9 Å². The quantitative estimate of drug-likeness (QED) is 0.601. The maximum absolute atomic E-state index is 14.9. The maximum Gasteiger partial charge on any atom is 0.414 e. The highest BCUT2D eigenvalue weighted by Crippen LogP contribution is 2.29. The minimum atomic E-state index is -0.556. The molecule has 34 heavy (non-hydrogen) atoms. The second-order valence-electron chi connectivity index (χ2n) is 8.65. The van der Waals surface area contributed by atoms with Crippen molar-refractivity contribution in [2.75, 3.05) is 50.7 Å². The smallest absolute Gasteiger partial charge is 0.414 e. The molecule has 2 aromatic rings. The Balaban J connectivity index is 1.35. The van der Waals surface area contributed by atoms with Crippen molar-refractivity contribution in [3.05, 3.63) is 53.8 Å². The highest BCUT2D eigenvalue weighted by molar-refractivity contribution is 5.90. The van der Waals surface area contributed by atoms with Gasteiger partial charge in [0, 0.05) is 45.2 Å². The molecule has 2 aliphatic heterocycles. The highest BCUT2D eigenvalue weighted by Gasteiger charge is 2.32. The number of nitrogens with zero attached hydrogens (tertiary/aromatic N) is 3. The molecule has 0 saturated carbocycles. The minimum absolute atomic E-state index is 0.201. The molecular weight excluding hydrogens is 439 g/mol. The number of rotatable bonds is 8. The van der Waals surface area contributed by atoms with Crippen LogP contribution >= 0.6 is 0 Å². The van der Waals surface area contributed by atoms with Crippen LogP contribution in [0.25, 0.3) is 11.1 Å². The molecular formula is C25H29FN4O4. The average Bonchev–Trinajstić information content (AvgIpc) is 3.22. The Kier molecular flexibility index (Phi) is 7.42. The lowest BCUT2D eigenvalue weighted by atomic mass is 10.0. The van der Waals surface area contributed by atoms with E-state index in [1.165, 1.54) is 23.5 Å². The third kappa shape index (κ3) is 5.72. The van der Waals surface area contributed by atoms with Gasteiger partial charge >= 0.3 is 6.09 Å². The van der Waals surface area contributed by atoms with Gasteiger partial charge < -0.3 is 15.0 Å². The van der Waals surface area contributed by atoms with Gasteiger partial charge in [-0.25, -0.2) is 9.18 Å². The van der Waals surface area contributed by atoms with Crippen LogP contribution in [-0.4, -0.2) is 80.1 Å². The van der Waals surface area contributed by atoms with Crippen LogP contribution in [0.5, 0.6) is 0 Å². The van der Waals surface area contributed by atoms with E-state index < -0.39 is 18.0 Å². The van der Waals surface area contributed by atoms with E-state index in [1.807, 2.05) is 24.3 Å². The summed E-state index contributed by atoms with van der Waals surface area (Å²) in [5.41, 5.74) is 2.81. The molecule has 2 aliphatic rings. The Morgan fingerprint density at radius 2 is 1.88 bits per heavy atom. The lowest BCUT2D eigenvalue weighted by molar-refractivity contribution is -0.120. The van der Waals surface area contributed by atoms with Crippen LogP contribution in [0.15, 0.2) is 42.5 Å². The fourth-order valence-corrected chi connectivity index (χ4v) is 4.23. The summed E-state index contributed by atoms with van der Waals surface area (Å²) in [6.07, 6.45) is 0.767. The number of carbonyl (C=O) groups excluding carboxylic acids is 3. The summed E-state index contributed by atoms with van der Waals surface area (Å²) in [5.74, 6) is -0.621. The van der Waals surface area contributed by atoms with Gasteiger partial charge in [-0.3, -0.25) is 19.4 Å². The fourth-order valence-electron chi connectivity index (χ4n) is 4.23. The van der Waals surface area contributed by atoms with Crippen LogP contribution in [0.1, 0.15) is 12.5 Å². The number of halogens is 1. The average molecular weight is 469 g/mol. The molecule has 0 spiro atoms. The standard InChI is InChI=1S/C25H29FN4O4/c1-18(32)27-15-22-16-30(25(33)34-22)21-6-7-23(24(26)14-21)20-4-2-19(3-5-20)8-9-28-10-12-29(17-31)13-11-28/h2-7,14,17,22H,8-13,15-16H2,1H3,(H,27,32)/t22-/m0/s1. The molecule has 0 bridgehead atoms. The zero-order valence-corrected chi connectivity index (χ0v) is 19.2. The molecule has 0 aromatic heterocycles. The van der Waals surface area contributed by atoms with Gasteiger partial charge in [0.15, 0.2) is 0 Å². The van der Waals surface area contributed by atoms with E-state index >= 15 is 0 Å². The molecule has 1 N–H and O–H groups in total. The number of amides is 3. The lowest BCUT2D eigenvalue weighted by Gasteiger charge is -2.32. The predicted molar refractivity (Wildman–Crippen MR) is 126 cm³/mol. The van der Waals surface area contributed by atoms with Gasteiger partial charge in [0.25, 0.3) is 0 Å². The molecule has 2 fully saturated rings. The molecule has 0 aliphatic carbocycles. The summed E-state index contributed by atoms with van der Waals surface area (Å²) in [5, 5.41) is 2.62. The highest BCUT2D eigenvalue weighted by atomic mass is 19.1. The van der Waals surface area contributed by atoms with Crippen molar-refractivity contribution in [1.82, 2.24) is 15.1 Å². The third-order valence-corrected chi connectivity index (χ3v) is 6.25. The van der Waals surface area contributed by atoms with Gasteiger partial charge in [-0.05, 0) is 35.7 Å². The van der Waals surface area contributed by atoms with Gasteiger partial charge in [0.2, 0.25) is 12.3 Å². The summed E-state index contributed by atoms with van der Waals surface area (Å²) >= 11 is 0. The fraction of sp³-hybridized carbons (Fsp3) is 0.400. The van der Waals surface area contributed by atoms with Gasteiger partial charge in [-0.15, -0.1) is 0 Å². The van der Waals surface area contributed by atoms with Crippen molar-refractivity contribution in [3.8, 4) is 11.1 Å². The second-order valence-corrected chi connectivity index (χ2v) is 8.65. The molecule has 2 heterocycles. The molecule has 3 amide bonds. The number of hydrogen-bond donors (Lipinski definition) is 1. The van der Waals surface area contributed by atoms with Crippen molar-refractivity contribution in [2.45, 2.75) is 19.4 Å². The molecule has 180 valence electrons.